The molecule has 2 N–H and O–H groups in total. The highest BCUT2D eigenvalue weighted by molar-refractivity contribution is 6.01. The van der Waals surface area contributed by atoms with E-state index in [0.29, 0.717) is 18.0 Å². The number of urea groups is 1. The van der Waals surface area contributed by atoms with Crippen LogP contribution in [0.1, 0.15) is 45.4 Å². The van der Waals surface area contributed by atoms with E-state index in [1.54, 1.807) is 11.8 Å². The van der Waals surface area contributed by atoms with Crippen LogP contribution < -0.4 is 20.3 Å². The van der Waals surface area contributed by atoms with Crippen LogP contribution in [0.25, 0.3) is 0 Å². The van der Waals surface area contributed by atoms with Crippen molar-refractivity contribution in [1.82, 2.24) is 10.2 Å². The van der Waals surface area contributed by atoms with Crippen molar-refractivity contribution in [3.8, 4) is 5.75 Å². The predicted molar refractivity (Wildman–Crippen MR) is 111 cm³/mol. The first kappa shape index (κ1) is 20.5. The van der Waals surface area contributed by atoms with Gasteiger partial charge in [0, 0.05) is 18.3 Å². The fourth-order valence-electron chi connectivity index (χ4n) is 3.86. The Labute approximate surface area is 167 Å². The van der Waals surface area contributed by atoms with Crippen molar-refractivity contribution in [3.63, 3.8) is 0 Å². The van der Waals surface area contributed by atoms with E-state index in [1.807, 2.05) is 32.3 Å². The van der Waals surface area contributed by atoms with Crippen molar-refractivity contribution in [2.75, 3.05) is 37.4 Å². The molecule has 1 unspecified atom stereocenters. The van der Waals surface area contributed by atoms with E-state index in [1.165, 1.54) is 19.3 Å². The minimum atomic E-state index is -0.500. The Morgan fingerprint density at radius 3 is 2.71 bits per heavy atom. The average Bonchev–Trinajstić information content (AvgIpc) is 2.66. The molecule has 28 heavy (non-hydrogen) atoms. The van der Waals surface area contributed by atoms with Crippen molar-refractivity contribution in [3.05, 3.63) is 18.2 Å². The van der Waals surface area contributed by atoms with E-state index >= 15 is 0 Å². The zero-order valence-corrected chi connectivity index (χ0v) is 17.2. The highest BCUT2D eigenvalue weighted by Gasteiger charge is 2.31. The van der Waals surface area contributed by atoms with Gasteiger partial charge in [-0.15, -0.1) is 0 Å². The summed E-state index contributed by atoms with van der Waals surface area (Å²) < 4.78 is 5.75. The van der Waals surface area contributed by atoms with Crippen molar-refractivity contribution in [2.24, 2.45) is 0 Å². The van der Waals surface area contributed by atoms with Crippen LogP contribution in [-0.2, 0) is 4.79 Å². The predicted octanol–water partition coefficient (Wildman–Crippen LogP) is 3.21. The second-order valence-corrected chi connectivity index (χ2v) is 8.02. The summed E-state index contributed by atoms with van der Waals surface area (Å²) in [6.45, 7) is 3.29. The lowest BCUT2D eigenvalue weighted by molar-refractivity contribution is -0.125. The Morgan fingerprint density at radius 2 is 2.00 bits per heavy atom. The summed E-state index contributed by atoms with van der Waals surface area (Å²) in [5.41, 5.74) is 1.38. The van der Waals surface area contributed by atoms with Gasteiger partial charge in [-0.05, 0) is 65.0 Å². The summed E-state index contributed by atoms with van der Waals surface area (Å²) in [6, 6.07) is 5.53. The molecule has 1 aliphatic carbocycles. The lowest BCUT2D eigenvalue weighted by atomic mass is 9.96. The second kappa shape index (κ2) is 9.28. The smallest absolute Gasteiger partial charge is 0.319 e. The van der Waals surface area contributed by atoms with Crippen LogP contribution in [0.4, 0.5) is 16.2 Å². The molecule has 0 spiro atoms. The van der Waals surface area contributed by atoms with Crippen LogP contribution in [0.15, 0.2) is 18.2 Å². The van der Waals surface area contributed by atoms with Crippen LogP contribution in [0.5, 0.6) is 5.75 Å². The quantitative estimate of drug-likeness (QED) is 0.785. The molecule has 154 valence electrons. The molecule has 1 heterocycles. The third-order valence-corrected chi connectivity index (χ3v) is 5.35. The fraction of sp³-hybridized carbons (Fsp3) is 0.619. The number of ether oxygens (including phenoxy) is 1. The Morgan fingerprint density at radius 1 is 1.25 bits per heavy atom. The standard InChI is InChI=1S/C21H32N4O3/c1-15-20(26)25(13-7-12-24(2)3)18-14-17(10-11-19(18)28-15)23-21(27)22-16-8-5-4-6-9-16/h10-11,14-16H,4-9,12-13H2,1-3H3,(H2,22,23,27). The number of nitrogens with one attached hydrogen (secondary N) is 2. The first-order chi connectivity index (χ1) is 13.4. The highest BCUT2D eigenvalue weighted by atomic mass is 16.5. The molecule has 3 amide bonds. The van der Waals surface area contributed by atoms with Crippen molar-refractivity contribution < 1.29 is 14.3 Å². The zero-order chi connectivity index (χ0) is 20.1. The molecule has 1 atom stereocenters. The van der Waals surface area contributed by atoms with Gasteiger partial charge in [0.2, 0.25) is 0 Å². The lowest BCUT2D eigenvalue weighted by Crippen LogP contribution is -2.45. The zero-order valence-electron chi connectivity index (χ0n) is 17.2. The Hall–Kier alpha value is -2.28. The summed E-state index contributed by atoms with van der Waals surface area (Å²) in [7, 11) is 4.04. The van der Waals surface area contributed by atoms with E-state index < -0.39 is 6.10 Å². The third kappa shape index (κ3) is 5.16. The largest absolute Gasteiger partial charge is 0.479 e. The van der Waals surface area contributed by atoms with E-state index in [9.17, 15) is 9.59 Å². The summed E-state index contributed by atoms with van der Waals surface area (Å²) in [5, 5.41) is 5.96. The van der Waals surface area contributed by atoms with Gasteiger partial charge in [-0.2, -0.15) is 0 Å². The summed E-state index contributed by atoms with van der Waals surface area (Å²) in [6.07, 6.45) is 6.04. The summed E-state index contributed by atoms with van der Waals surface area (Å²) in [4.78, 5) is 28.9. The normalized spacial score (nSPS) is 19.9. The number of benzene rings is 1. The number of fused-ring (bicyclic) bond motifs is 1. The van der Waals surface area contributed by atoms with Crippen LogP contribution >= 0.6 is 0 Å². The minimum absolute atomic E-state index is 0.0462. The maximum absolute atomic E-state index is 12.6. The maximum Gasteiger partial charge on any atom is 0.319 e. The van der Waals surface area contributed by atoms with Crippen molar-refractivity contribution in [2.45, 2.75) is 57.6 Å². The van der Waals surface area contributed by atoms with Crippen LogP contribution in [0.2, 0.25) is 0 Å². The highest BCUT2D eigenvalue weighted by Crippen LogP contribution is 2.36. The van der Waals surface area contributed by atoms with Gasteiger partial charge in [0.1, 0.15) is 5.75 Å². The summed E-state index contributed by atoms with van der Waals surface area (Å²) >= 11 is 0. The van der Waals surface area contributed by atoms with Crippen LogP contribution in [0.3, 0.4) is 0 Å². The van der Waals surface area contributed by atoms with Gasteiger partial charge in [-0.25, -0.2) is 4.79 Å². The SMILES string of the molecule is CC1Oc2ccc(NC(=O)NC3CCCCC3)cc2N(CCCN(C)C)C1=O. The number of nitrogens with zero attached hydrogens (tertiary/aromatic N) is 2. The average molecular weight is 389 g/mol. The third-order valence-electron chi connectivity index (χ3n) is 5.35. The molecule has 1 aromatic carbocycles. The maximum atomic E-state index is 12.6. The van der Waals surface area contributed by atoms with Gasteiger partial charge in [-0.3, -0.25) is 4.79 Å². The van der Waals surface area contributed by atoms with E-state index in [2.05, 4.69) is 15.5 Å². The molecule has 1 aliphatic heterocycles. The first-order valence-electron chi connectivity index (χ1n) is 10.3. The Bertz CT molecular complexity index is 701. The molecular formula is C21H32N4O3. The van der Waals surface area contributed by atoms with Crippen LogP contribution in [-0.4, -0.2) is 56.2 Å². The molecule has 1 aromatic rings. The molecule has 7 heteroatoms. The van der Waals surface area contributed by atoms with Gasteiger partial charge in [0.25, 0.3) is 5.91 Å². The van der Waals surface area contributed by atoms with E-state index in [4.69, 9.17) is 4.74 Å². The minimum Gasteiger partial charge on any atom is -0.479 e. The lowest BCUT2D eigenvalue weighted by Gasteiger charge is -2.33. The van der Waals surface area contributed by atoms with Gasteiger partial charge in [0.15, 0.2) is 6.10 Å². The van der Waals surface area contributed by atoms with Gasteiger partial charge < -0.3 is 25.2 Å². The molecule has 0 aromatic heterocycles. The second-order valence-electron chi connectivity index (χ2n) is 8.02. The van der Waals surface area contributed by atoms with E-state index in [0.717, 1.165) is 31.5 Å². The topological polar surface area (TPSA) is 73.9 Å². The number of carbonyl (C=O) groups excluding carboxylic acids is 2. The first-order valence-corrected chi connectivity index (χ1v) is 10.3. The molecule has 2 aliphatic rings. The number of hydrogen-bond donors (Lipinski definition) is 2. The number of hydrogen-bond acceptors (Lipinski definition) is 4. The molecule has 0 saturated heterocycles. The van der Waals surface area contributed by atoms with Gasteiger partial charge >= 0.3 is 6.03 Å². The number of anilines is 2. The fourth-order valence-corrected chi connectivity index (χ4v) is 3.86. The number of rotatable bonds is 6. The number of carbonyl (C=O) groups is 2. The molecular weight excluding hydrogens is 356 g/mol. The van der Waals surface area contributed by atoms with Crippen molar-refractivity contribution in [1.29, 1.82) is 0 Å². The molecule has 0 radical (unpaired) electrons. The molecule has 1 saturated carbocycles. The monoisotopic (exact) mass is 388 g/mol. The van der Waals surface area contributed by atoms with Gasteiger partial charge in [0.05, 0.1) is 5.69 Å². The summed E-state index contributed by atoms with van der Waals surface area (Å²) in [5.74, 6) is 0.630. The Balaban J connectivity index is 1.69. The van der Waals surface area contributed by atoms with Crippen molar-refractivity contribution >= 4 is 23.3 Å². The van der Waals surface area contributed by atoms with Gasteiger partial charge in [-0.1, -0.05) is 19.3 Å². The Kier molecular flexibility index (Phi) is 6.78. The number of amides is 3. The molecule has 1 fully saturated rings. The molecule has 0 bridgehead atoms. The van der Waals surface area contributed by atoms with Crippen LogP contribution in [0, 0.1) is 0 Å². The molecule has 7 nitrogen and oxygen atoms in total. The molecule has 3 rings (SSSR count). The van der Waals surface area contributed by atoms with E-state index in [-0.39, 0.29) is 18.0 Å².